The number of carbonyl (C=O) groups is 2. The van der Waals surface area contributed by atoms with Crippen molar-refractivity contribution in [3.05, 3.63) is 29.8 Å². The highest BCUT2D eigenvalue weighted by Crippen LogP contribution is 2.17. The van der Waals surface area contributed by atoms with Crippen molar-refractivity contribution in [3.63, 3.8) is 0 Å². The molecule has 2 heterocycles. The molecule has 0 radical (unpaired) electrons. The van der Waals surface area contributed by atoms with E-state index in [1.54, 1.807) is 23.5 Å². The molecule has 3 rings (SSSR count). The fraction of sp³-hybridized carbons (Fsp3) is 0.529. The van der Waals surface area contributed by atoms with Crippen LogP contribution in [0.25, 0.3) is 0 Å². The Balaban J connectivity index is 1.59. The zero-order valence-corrected chi connectivity index (χ0v) is 15.5. The van der Waals surface area contributed by atoms with Crippen LogP contribution in [-0.2, 0) is 4.79 Å². The lowest BCUT2D eigenvalue weighted by Crippen LogP contribution is -2.46. The molecule has 2 aliphatic heterocycles. The van der Waals surface area contributed by atoms with Crippen molar-refractivity contribution in [2.45, 2.75) is 17.4 Å². The van der Waals surface area contributed by atoms with Gasteiger partial charge in [-0.2, -0.15) is 0 Å². The molecule has 0 bridgehead atoms. The SMILES string of the molecule is CSc1ccc(C(=O)N2CCCN(C(=O)C3CSCN3)CC2)cc1. The van der Waals surface area contributed by atoms with Gasteiger partial charge in [0.05, 0.1) is 6.04 Å². The molecule has 0 aromatic heterocycles. The summed E-state index contributed by atoms with van der Waals surface area (Å²) >= 11 is 3.43. The summed E-state index contributed by atoms with van der Waals surface area (Å²) in [4.78, 5) is 30.1. The lowest BCUT2D eigenvalue weighted by molar-refractivity contribution is -0.132. The molecule has 7 heteroatoms. The third-order valence-corrected chi connectivity index (χ3v) is 6.13. The topological polar surface area (TPSA) is 52.7 Å². The van der Waals surface area contributed by atoms with E-state index in [2.05, 4.69) is 5.32 Å². The Hall–Kier alpha value is -1.18. The second kappa shape index (κ2) is 8.27. The zero-order valence-electron chi connectivity index (χ0n) is 13.9. The number of hydrogen-bond acceptors (Lipinski definition) is 5. The Bertz CT molecular complexity index is 588. The van der Waals surface area contributed by atoms with Gasteiger partial charge in [-0.1, -0.05) is 0 Å². The number of thioether (sulfide) groups is 2. The average Bonchev–Trinajstić information content (AvgIpc) is 3.05. The molecule has 5 nitrogen and oxygen atoms in total. The number of amides is 2. The maximum atomic E-state index is 12.7. The molecule has 2 aliphatic rings. The molecule has 1 unspecified atom stereocenters. The molecular formula is C17H23N3O2S2. The molecule has 24 heavy (non-hydrogen) atoms. The van der Waals surface area contributed by atoms with Crippen LogP contribution in [0, 0.1) is 0 Å². The molecular weight excluding hydrogens is 342 g/mol. The Kier molecular flexibility index (Phi) is 6.08. The normalized spacial score (nSPS) is 21.6. The monoisotopic (exact) mass is 365 g/mol. The number of carbonyl (C=O) groups excluding carboxylic acids is 2. The second-order valence-electron chi connectivity index (χ2n) is 5.97. The summed E-state index contributed by atoms with van der Waals surface area (Å²) in [7, 11) is 0. The van der Waals surface area contributed by atoms with Crippen LogP contribution >= 0.6 is 23.5 Å². The summed E-state index contributed by atoms with van der Waals surface area (Å²) < 4.78 is 0. The highest BCUT2D eigenvalue weighted by Gasteiger charge is 2.29. The number of nitrogens with one attached hydrogen (secondary N) is 1. The Labute approximate surface area is 151 Å². The molecule has 1 aromatic rings. The first-order chi connectivity index (χ1) is 11.7. The molecule has 0 saturated carbocycles. The predicted octanol–water partition coefficient (Wildman–Crippen LogP) is 1.75. The maximum absolute atomic E-state index is 12.7. The number of rotatable bonds is 3. The van der Waals surface area contributed by atoms with Crippen LogP contribution in [0.4, 0.5) is 0 Å². The Morgan fingerprint density at radius 1 is 1.12 bits per heavy atom. The van der Waals surface area contributed by atoms with Crippen molar-refractivity contribution in [3.8, 4) is 0 Å². The summed E-state index contributed by atoms with van der Waals surface area (Å²) in [6, 6.07) is 7.68. The molecule has 1 aromatic carbocycles. The van der Waals surface area contributed by atoms with Crippen molar-refractivity contribution < 1.29 is 9.59 Å². The van der Waals surface area contributed by atoms with Crippen molar-refractivity contribution in [2.24, 2.45) is 0 Å². The van der Waals surface area contributed by atoms with E-state index in [4.69, 9.17) is 0 Å². The van der Waals surface area contributed by atoms with Crippen molar-refractivity contribution >= 4 is 35.3 Å². The van der Waals surface area contributed by atoms with Crippen LogP contribution in [0.3, 0.4) is 0 Å². The molecule has 2 fully saturated rings. The smallest absolute Gasteiger partial charge is 0.253 e. The fourth-order valence-corrected chi connectivity index (χ4v) is 4.37. The van der Waals surface area contributed by atoms with E-state index < -0.39 is 0 Å². The van der Waals surface area contributed by atoms with E-state index in [0.29, 0.717) is 19.6 Å². The largest absolute Gasteiger partial charge is 0.339 e. The van der Waals surface area contributed by atoms with Crippen LogP contribution in [0.1, 0.15) is 16.8 Å². The summed E-state index contributed by atoms with van der Waals surface area (Å²) in [5, 5.41) is 3.23. The highest BCUT2D eigenvalue weighted by atomic mass is 32.2. The first kappa shape index (κ1) is 17.6. The van der Waals surface area contributed by atoms with Gasteiger partial charge >= 0.3 is 0 Å². The van der Waals surface area contributed by atoms with Gasteiger partial charge < -0.3 is 9.80 Å². The number of hydrogen-bond donors (Lipinski definition) is 1. The molecule has 2 amide bonds. The van der Waals surface area contributed by atoms with Gasteiger partial charge in [0, 0.05) is 48.3 Å². The van der Waals surface area contributed by atoms with Crippen LogP contribution in [-0.4, -0.2) is 71.7 Å². The Morgan fingerprint density at radius 3 is 2.50 bits per heavy atom. The quantitative estimate of drug-likeness (QED) is 0.827. The van der Waals surface area contributed by atoms with Gasteiger partial charge in [-0.05, 0) is 36.9 Å². The van der Waals surface area contributed by atoms with Gasteiger partial charge in [0.1, 0.15) is 0 Å². The van der Waals surface area contributed by atoms with Gasteiger partial charge in [-0.15, -0.1) is 23.5 Å². The van der Waals surface area contributed by atoms with Crippen molar-refractivity contribution in [2.75, 3.05) is 44.1 Å². The van der Waals surface area contributed by atoms with E-state index in [1.165, 1.54) is 0 Å². The van der Waals surface area contributed by atoms with Gasteiger partial charge in [0.25, 0.3) is 5.91 Å². The van der Waals surface area contributed by atoms with E-state index >= 15 is 0 Å². The van der Waals surface area contributed by atoms with Crippen LogP contribution in [0.15, 0.2) is 29.2 Å². The van der Waals surface area contributed by atoms with Crippen LogP contribution in [0.5, 0.6) is 0 Å². The summed E-state index contributed by atoms with van der Waals surface area (Å²) in [5.74, 6) is 1.94. The van der Waals surface area contributed by atoms with Gasteiger partial charge in [0.15, 0.2) is 0 Å². The minimum atomic E-state index is -0.0589. The second-order valence-corrected chi connectivity index (χ2v) is 7.88. The lowest BCUT2D eigenvalue weighted by Gasteiger charge is -2.24. The minimum absolute atomic E-state index is 0.0589. The molecule has 1 N–H and O–H groups in total. The standard InChI is InChI=1S/C17H23N3O2S2/c1-23-14-5-3-13(4-6-14)16(21)19-7-2-8-20(10-9-19)17(22)15-11-24-12-18-15/h3-6,15,18H,2,7-12H2,1H3. The van der Waals surface area contributed by atoms with Gasteiger partial charge in [-0.3, -0.25) is 14.9 Å². The first-order valence-electron chi connectivity index (χ1n) is 8.22. The molecule has 1 atom stereocenters. The van der Waals surface area contributed by atoms with E-state index in [-0.39, 0.29) is 17.9 Å². The summed E-state index contributed by atoms with van der Waals surface area (Å²) in [6.45, 7) is 2.67. The number of benzene rings is 1. The van der Waals surface area contributed by atoms with Gasteiger partial charge in [0.2, 0.25) is 5.91 Å². The van der Waals surface area contributed by atoms with E-state index in [1.807, 2.05) is 40.3 Å². The van der Waals surface area contributed by atoms with E-state index in [0.717, 1.165) is 35.1 Å². The van der Waals surface area contributed by atoms with Crippen molar-refractivity contribution in [1.29, 1.82) is 0 Å². The van der Waals surface area contributed by atoms with Crippen LogP contribution < -0.4 is 5.32 Å². The van der Waals surface area contributed by atoms with Crippen LogP contribution in [0.2, 0.25) is 0 Å². The van der Waals surface area contributed by atoms with Crippen molar-refractivity contribution in [1.82, 2.24) is 15.1 Å². The molecule has 130 valence electrons. The van der Waals surface area contributed by atoms with Gasteiger partial charge in [-0.25, -0.2) is 0 Å². The maximum Gasteiger partial charge on any atom is 0.253 e. The molecule has 2 saturated heterocycles. The zero-order chi connectivity index (χ0) is 16.9. The fourth-order valence-electron chi connectivity index (χ4n) is 3.03. The third-order valence-electron chi connectivity index (χ3n) is 4.45. The first-order valence-corrected chi connectivity index (χ1v) is 10.6. The molecule has 0 spiro atoms. The van der Waals surface area contributed by atoms with E-state index in [9.17, 15) is 9.59 Å². The molecule has 0 aliphatic carbocycles. The highest BCUT2D eigenvalue weighted by molar-refractivity contribution is 7.99. The Morgan fingerprint density at radius 2 is 1.83 bits per heavy atom. The predicted molar refractivity (Wildman–Crippen MR) is 99.6 cm³/mol. The third kappa shape index (κ3) is 4.07. The number of nitrogens with zero attached hydrogens (tertiary/aromatic N) is 2. The minimum Gasteiger partial charge on any atom is -0.339 e. The lowest BCUT2D eigenvalue weighted by atomic mass is 10.2. The summed E-state index contributed by atoms with van der Waals surface area (Å²) in [6.07, 6.45) is 2.86. The average molecular weight is 366 g/mol. The summed E-state index contributed by atoms with van der Waals surface area (Å²) in [5.41, 5.74) is 0.724.